The lowest BCUT2D eigenvalue weighted by Crippen LogP contribution is -2.20. The second-order valence-corrected chi connectivity index (χ2v) is 4.68. The maximum Gasteiger partial charge on any atom is 0.308 e. The summed E-state index contributed by atoms with van der Waals surface area (Å²) >= 11 is 3.40. The monoisotopic (exact) mass is 305 g/mol. The van der Waals surface area contributed by atoms with Crippen LogP contribution in [0, 0.1) is 5.92 Å². The number of nitrogens with one attached hydrogen (secondary N) is 1. The third-order valence-corrected chi connectivity index (χ3v) is 3.30. The van der Waals surface area contributed by atoms with E-state index in [1.807, 2.05) is 24.3 Å². The third-order valence-electron chi connectivity index (χ3n) is 2.81. The molecule has 1 aliphatic heterocycles. The van der Waals surface area contributed by atoms with Crippen molar-refractivity contribution in [3.63, 3.8) is 0 Å². The highest BCUT2D eigenvalue weighted by Crippen LogP contribution is 2.29. The Morgan fingerprint density at radius 2 is 2.19 bits per heavy atom. The van der Waals surface area contributed by atoms with Gasteiger partial charge >= 0.3 is 5.97 Å². The lowest BCUT2D eigenvalue weighted by molar-refractivity contribution is -0.141. The topological polar surface area (TPSA) is 49.3 Å². The van der Waals surface area contributed by atoms with Crippen LogP contribution in [0.3, 0.4) is 0 Å². The number of halogens is 2. The second kappa shape index (κ2) is 5.66. The number of hydrogen-bond acceptors (Lipinski definition) is 2. The molecule has 2 rings (SSSR count). The Kier molecular flexibility index (Phi) is 4.77. The van der Waals surface area contributed by atoms with E-state index >= 15 is 0 Å². The van der Waals surface area contributed by atoms with Crippen LogP contribution in [0.4, 0.5) is 0 Å². The Labute approximate surface area is 109 Å². The molecule has 1 heterocycles. The number of carboxylic acids is 1. The predicted molar refractivity (Wildman–Crippen MR) is 68.1 cm³/mol. The van der Waals surface area contributed by atoms with Crippen LogP contribution in [-0.2, 0) is 4.79 Å². The molecule has 16 heavy (non-hydrogen) atoms. The molecule has 0 saturated carbocycles. The summed E-state index contributed by atoms with van der Waals surface area (Å²) in [6.07, 6.45) is 0. The molecule has 1 aromatic rings. The van der Waals surface area contributed by atoms with E-state index in [-0.39, 0.29) is 24.2 Å². The first-order valence-electron chi connectivity index (χ1n) is 4.87. The number of carbonyl (C=O) groups is 1. The van der Waals surface area contributed by atoms with Crippen molar-refractivity contribution >= 4 is 34.3 Å². The summed E-state index contributed by atoms with van der Waals surface area (Å²) < 4.78 is 0.996. The zero-order valence-corrected chi connectivity index (χ0v) is 10.9. The van der Waals surface area contributed by atoms with Crippen molar-refractivity contribution in [2.24, 2.45) is 5.92 Å². The van der Waals surface area contributed by atoms with E-state index in [2.05, 4.69) is 21.2 Å². The van der Waals surface area contributed by atoms with Gasteiger partial charge in [0.05, 0.1) is 5.92 Å². The van der Waals surface area contributed by atoms with Crippen LogP contribution >= 0.6 is 28.3 Å². The van der Waals surface area contributed by atoms with Crippen molar-refractivity contribution in [1.29, 1.82) is 0 Å². The quantitative estimate of drug-likeness (QED) is 0.881. The molecule has 0 aromatic heterocycles. The fourth-order valence-electron chi connectivity index (χ4n) is 2.03. The SMILES string of the molecule is Cl.O=C(O)[C@H]1CNC[C@@H]1c1cccc(Br)c1. The molecule has 5 heteroatoms. The van der Waals surface area contributed by atoms with Crippen LogP contribution in [0.25, 0.3) is 0 Å². The van der Waals surface area contributed by atoms with E-state index in [4.69, 9.17) is 5.11 Å². The van der Waals surface area contributed by atoms with Crippen molar-refractivity contribution in [1.82, 2.24) is 5.32 Å². The summed E-state index contributed by atoms with van der Waals surface area (Å²) in [5, 5.41) is 12.2. The van der Waals surface area contributed by atoms with Crippen molar-refractivity contribution in [2.75, 3.05) is 13.1 Å². The van der Waals surface area contributed by atoms with Crippen LogP contribution in [0.2, 0.25) is 0 Å². The summed E-state index contributed by atoms with van der Waals surface area (Å²) in [6.45, 7) is 1.31. The highest BCUT2D eigenvalue weighted by Gasteiger charge is 2.33. The summed E-state index contributed by atoms with van der Waals surface area (Å²) in [6, 6.07) is 7.87. The lowest BCUT2D eigenvalue weighted by Gasteiger charge is -2.15. The van der Waals surface area contributed by atoms with Crippen LogP contribution in [0.5, 0.6) is 0 Å². The number of hydrogen-bond donors (Lipinski definition) is 2. The molecule has 1 fully saturated rings. The van der Waals surface area contributed by atoms with Crippen LogP contribution in [0.15, 0.2) is 28.7 Å². The molecule has 0 aliphatic carbocycles. The van der Waals surface area contributed by atoms with Crippen molar-refractivity contribution < 1.29 is 9.90 Å². The van der Waals surface area contributed by atoms with Crippen LogP contribution in [-0.4, -0.2) is 24.2 Å². The molecule has 2 N–H and O–H groups in total. The smallest absolute Gasteiger partial charge is 0.308 e. The van der Waals surface area contributed by atoms with Gasteiger partial charge in [-0.3, -0.25) is 4.79 Å². The van der Waals surface area contributed by atoms with Gasteiger partial charge < -0.3 is 10.4 Å². The minimum atomic E-state index is -0.718. The summed E-state index contributed by atoms with van der Waals surface area (Å²) in [4.78, 5) is 11.0. The lowest BCUT2D eigenvalue weighted by atomic mass is 9.89. The zero-order chi connectivity index (χ0) is 10.8. The molecule has 3 nitrogen and oxygen atoms in total. The van der Waals surface area contributed by atoms with Crippen LogP contribution < -0.4 is 5.32 Å². The van der Waals surface area contributed by atoms with Gasteiger partial charge in [0.15, 0.2) is 0 Å². The number of carboxylic acid groups (broad SMARTS) is 1. The minimum absolute atomic E-state index is 0. The van der Waals surface area contributed by atoms with Gasteiger partial charge in [0.1, 0.15) is 0 Å². The summed E-state index contributed by atoms with van der Waals surface area (Å²) in [5.74, 6) is -0.940. The Morgan fingerprint density at radius 3 is 2.81 bits per heavy atom. The summed E-state index contributed by atoms with van der Waals surface area (Å²) in [5.41, 5.74) is 1.08. The molecule has 0 amide bonds. The van der Waals surface area contributed by atoms with Crippen molar-refractivity contribution in [2.45, 2.75) is 5.92 Å². The normalized spacial score (nSPS) is 23.8. The highest BCUT2D eigenvalue weighted by atomic mass is 79.9. The molecule has 2 atom stereocenters. The Hall–Kier alpha value is -0.580. The zero-order valence-electron chi connectivity index (χ0n) is 8.52. The Bertz CT molecular complexity index is 386. The maximum atomic E-state index is 11.0. The van der Waals surface area contributed by atoms with E-state index in [0.29, 0.717) is 6.54 Å². The minimum Gasteiger partial charge on any atom is -0.481 e. The first kappa shape index (κ1) is 13.5. The van der Waals surface area contributed by atoms with E-state index in [9.17, 15) is 4.79 Å². The van der Waals surface area contributed by atoms with Gasteiger partial charge in [-0.25, -0.2) is 0 Å². The standard InChI is InChI=1S/C11H12BrNO2.ClH/c12-8-3-1-2-7(4-8)9-5-13-6-10(9)11(14)15;/h1-4,9-10,13H,5-6H2,(H,14,15);1H/t9-,10+;/m1./s1. The Balaban J connectivity index is 0.00000128. The predicted octanol–water partition coefficient (Wildman–Crippen LogP) is 2.26. The fourth-order valence-corrected chi connectivity index (χ4v) is 2.44. The fraction of sp³-hybridized carbons (Fsp3) is 0.364. The molecule has 0 unspecified atom stereocenters. The number of benzene rings is 1. The van der Waals surface area contributed by atoms with Gasteiger partial charge in [-0.15, -0.1) is 12.4 Å². The van der Waals surface area contributed by atoms with E-state index in [1.54, 1.807) is 0 Å². The van der Waals surface area contributed by atoms with E-state index in [1.165, 1.54) is 0 Å². The molecule has 0 radical (unpaired) electrons. The molecular weight excluding hydrogens is 293 g/mol. The molecular formula is C11H13BrClNO2. The van der Waals surface area contributed by atoms with Gasteiger partial charge in [0.25, 0.3) is 0 Å². The molecule has 1 saturated heterocycles. The molecule has 0 bridgehead atoms. The van der Waals surface area contributed by atoms with Gasteiger partial charge in [-0.2, -0.15) is 0 Å². The van der Waals surface area contributed by atoms with E-state index in [0.717, 1.165) is 16.6 Å². The number of aliphatic carboxylic acids is 1. The van der Waals surface area contributed by atoms with Gasteiger partial charge in [-0.1, -0.05) is 28.1 Å². The van der Waals surface area contributed by atoms with Gasteiger partial charge in [0.2, 0.25) is 0 Å². The number of rotatable bonds is 2. The van der Waals surface area contributed by atoms with Crippen LogP contribution in [0.1, 0.15) is 11.5 Å². The van der Waals surface area contributed by atoms with Gasteiger partial charge in [0, 0.05) is 23.5 Å². The molecule has 88 valence electrons. The average Bonchev–Trinajstić information content (AvgIpc) is 2.65. The first-order valence-corrected chi connectivity index (χ1v) is 5.67. The molecule has 1 aliphatic rings. The first-order chi connectivity index (χ1) is 7.18. The van der Waals surface area contributed by atoms with E-state index < -0.39 is 5.97 Å². The summed E-state index contributed by atoms with van der Waals surface area (Å²) in [7, 11) is 0. The maximum absolute atomic E-state index is 11.0. The molecule has 0 spiro atoms. The highest BCUT2D eigenvalue weighted by molar-refractivity contribution is 9.10. The third kappa shape index (κ3) is 2.75. The molecule has 1 aromatic carbocycles. The Morgan fingerprint density at radius 1 is 1.44 bits per heavy atom. The van der Waals surface area contributed by atoms with Gasteiger partial charge in [-0.05, 0) is 17.7 Å². The largest absolute Gasteiger partial charge is 0.481 e. The average molecular weight is 307 g/mol. The van der Waals surface area contributed by atoms with Crippen molar-refractivity contribution in [3.05, 3.63) is 34.3 Å². The van der Waals surface area contributed by atoms with Crippen molar-refractivity contribution in [3.8, 4) is 0 Å². The second-order valence-electron chi connectivity index (χ2n) is 3.76.